The molecule has 0 aromatic heterocycles. The van der Waals surface area contributed by atoms with Crippen LogP contribution < -0.4 is 14.8 Å². The van der Waals surface area contributed by atoms with Crippen LogP contribution in [-0.2, 0) is 21.2 Å². The van der Waals surface area contributed by atoms with Crippen LogP contribution in [0.4, 0.5) is 15.8 Å². The molecule has 2 aromatic rings. The van der Waals surface area contributed by atoms with Gasteiger partial charge < -0.3 is 10.1 Å². The number of ether oxygens (including phenoxy) is 1. The predicted octanol–water partition coefficient (Wildman–Crippen LogP) is 2.39. The Hall–Kier alpha value is -2.61. The maximum atomic E-state index is 13.1. The highest BCUT2D eigenvalue weighted by Crippen LogP contribution is 2.28. The van der Waals surface area contributed by atoms with Gasteiger partial charge in [-0.2, -0.15) is 0 Å². The van der Waals surface area contributed by atoms with Crippen LogP contribution in [0, 0.1) is 5.82 Å². The van der Waals surface area contributed by atoms with Crippen molar-refractivity contribution in [1.82, 2.24) is 0 Å². The van der Waals surface area contributed by atoms with Crippen LogP contribution in [0.15, 0.2) is 42.5 Å². The van der Waals surface area contributed by atoms with Gasteiger partial charge in [0, 0.05) is 5.69 Å². The van der Waals surface area contributed by atoms with Crippen molar-refractivity contribution in [2.75, 3.05) is 23.4 Å². The minimum Gasteiger partial charge on any atom is -0.495 e. The maximum absolute atomic E-state index is 13.1. The molecule has 0 aliphatic carbocycles. The third kappa shape index (κ3) is 5.24. The molecule has 0 bridgehead atoms. The Kier molecular flexibility index (Phi) is 5.40. The lowest BCUT2D eigenvalue weighted by Gasteiger charge is -2.12. The first-order valence-electron chi connectivity index (χ1n) is 6.97. The van der Waals surface area contributed by atoms with Crippen LogP contribution in [0.2, 0.25) is 0 Å². The number of nitrogens with one attached hydrogen (secondary N) is 2. The third-order valence-electron chi connectivity index (χ3n) is 3.03. The molecule has 2 aromatic carbocycles. The minimum absolute atomic E-state index is 0.00136. The monoisotopic (exact) mass is 352 g/mol. The molecule has 1 amide bonds. The number of amides is 1. The van der Waals surface area contributed by atoms with E-state index >= 15 is 0 Å². The Morgan fingerprint density at radius 3 is 2.58 bits per heavy atom. The molecule has 6 nitrogen and oxygen atoms in total. The smallest absolute Gasteiger partial charge is 0.229 e. The summed E-state index contributed by atoms with van der Waals surface area (Å²) >= 11 is 0. The fourth-order valence-electron chi connectivity index (χ4n) is 2.10. The van der Waals surface area contributed by atoms with Gasteiger partial charge in [-0.05, 0) is 35.9 Å². The third-order valence-corrected chi connectivity index (χ3v) is 3.62. The molecule has 0 aliphatic heterocycles. The Labute approximate surface area is 139 Å². The number of sulfonamides is 1. The standard InChI is InChI=1S/C16H17FN2O4S/c1-23-15-7-6-13(10-14(15)19-24(2,21)22)18-16(20)9-11-4-3-5-12(17)8-11/h3-8,10,19H,9H2,1-2H3,(H,18,20). The van der Waals surface area contributed by atoms with Gasteiger partial charge in [0.1, 0.15) is 11.6 Å². The van der Waals surface area contributed by atoms with E-state index in [1.807, 2.05) is 0 Å². The van der Waals surface area contributed by atoms with Gasteiger partial charge in [-0.1, -0.05) is 12.1 Å². The molecular formula is C16H17FN2O4S. The van der Waals surface area contributed by atoms with Crippen molar-refractivity contribution in [3.8, 4) is 5.75 Å². The zero-order valence-corrected chi connectivity index (χ0v) is 14.0. The number of carbonyl (C=O) groups is 1. The lowest BCUT2D eigenvalue weighted by molar-refractivity contribution is -0.115. The normalized spacial score (nSPS) is 11.0. The molecule has 2 N–H and O–H groups in total. The number of halogens is 1. The molecule has 0 spiro atoms. The minimum atomic E-state index is -3.49. The average Bonchev–Trinajstić information content (AvgIpc) is 2.45. The summed E-state index contributed by atoms with van der Waals surface area (Å²) in [4.78, 5) is 12.0. The first-order chi connectivity index (χ1) is 11.3. The summed E-state index contributed by atoms with van der Waals surface area (Å²) < 4.78 is 43.3. The number of rotatable bonds is 6. The highest BCUT2D eigenvalue weighted by Gasteiger charge is 2.11. The van der Waals surface area contributed by atoms with E-state index in [1.165, 1.54) is 37.4 Å². The van der Waals surface area contributed by atoms with E-state index in [1.54, 1.807) is 12.1 Å². The van der Waals surface area contributed by atoms with E-state index in [0.717, 1.165) is 6.26 Å². The Bertz CT molecular complexity index is 853. The van der Waals surface area contributed by atoms with Crippen LogP contribution in [0.1, 0.15) is 5.56 Å². The van der Waals surface area contributed by atoms with E-state index in [9.17, 15) is 17.6 Å². The molecule has 0 saturated heterocycles. The van der Waals surface area contributed by atoms with Crippen LogP contribution in [-0.4, -0.2) is 27.7 Å². The summed E-state index contributed by atoms with van der Waals surface area (Å²) in [6.07, 6.45) is 1.01. The molecule has 0 aliphatic rings. The summed E-state index contributed by atoms with van der Waals surface area (Å²) in [5, 5.41) is 2.64. The van der Waals surface area contributed by atoms with E-state index in [-0.39, 0.29) is 18.0 Å². The molecule has 0 atom stereocenters. The number of anilines is 2. The summed E-state index contributed by atoms with van der Waals surface area (Å²) in [6.45, 7) is 0. The highest BCUT2D eigenvalue weighted by molar-refractivity contribution is 7.92. The summed E-state index contributed by atoms with van der Waals surface area (Å²) in [6, 6.07) is 10.3. The maximum Gasteiger partial charge on any atom is 0.229 e. The second-order valence-electron chi connectivity index (χ2n) is 5.14. The van der Waals surface area contributed by atoms with E-state index in [4.69, 9.17) is 4.74 Å². The molecule has 24 heavy (non-hydrogen) atoms. The second-order valence-corrected chi connectivity index (χ2v) is 6.89. The van der Waals surface area contributed by atoms with Crippen LogP contribution >= 0.6 is 0 Å². The van der Waals surface area contributed by atoms with E-state index in [2.05, 4.69) is 10.0 Å². The fourth-order valence-corrected chi connectivity index (χ4v) is 2.66. The molecule has 128 valence electrons. The predicted molar refractivity (Wildman–Crippen MR) is 90.2 cm³/mol. The van der Waals surface area contributed by atoms with Crippen molar-refractivity contribution in [2.24, 2.45) is 0 Å². The molecule has 0 radical (unpaired) electrons. The van der Waals surface area contributed by atoms with Crippen molar-refractivity contribution in [2.45, 2.75) is 6.42 Å². The van der Waals surface area contributed by atoms with Gasteiger partial charge in [-0.15, -0.1) is 0 Å². The van der Waals surface area contributed by atoms with Crippen LogP contribution in [0.5, 0.6) is 5.75 Å². The number of carbonyl (C=O) groups excluding carboxylic acids is 1. The van der Waals surface area contributed by atoms with Crippen LogP contribution in [0.3, 0.4) is 0 Å². The molecular weight excluding hydrogens is 335 g/mol. The first-order valence-corrected chi connectivity index (χ1v) is 8.86. The zero-order chi connectivity index (χ0) is 17.7. The van der Waals surface area contributed by atoms with Gasteiger partial charge in [0.15, 0.2) is 0 Å². The number of hydrogen-bond donors (Lipinski definition) is 2. The Morgan fingerprint density at radius 2 is 1.96 bits per heavy atom. The van der Waals surface area contributed by atoms with Crippen LogP contribution in [0.25, 0.3) is 0 Å². The van der Waals surface area contributed by atoms with Gasteiger partial charge >= 0.3 is 0 Å². The number of methoxy groups -OCH3 is 1. The van der Waals surface area contributed by atoms with Crippen molar-refractivity contribution in [3.05, 3.63) is 53.8 Å². The first kappa shape index (κ1) is 17.7. The molecule has 0 heterocycles. The quantitative estimate of drug-likeness (QED) is 0.836. The summed E-state index contributed by atoms with van der Waals surface area (Å²) in [5.41, 5.74) is 1.14. The highest BCUT2D eigenvalue weighted by atomic mass is 32.2. The molecule has 0 saturated carbocycles. The van der Waals surface area contributed by atoms with Gasteiger partial charge in [-0.25, -0.2) is 12.8 Å². The average molecular weight is 352 g/mol. The Balaban J connectivity index is 2.14. The lowest BCUT2D eigenvalue weighted by Crippen LogP contribution is -2.15. The largest absolute Gasteiger partial charge is 0.495 e. The van der Waals surface area contributed by atoms with Gasteiger partial charge in [0.25, 0.3) is 0 Å². The van der Waals surface area contributed by atoms with Gasteiger partial charge in [-0.3, -0.25) is 9.52 Å². The van der Waals surface area contributed by atoms with Crippen molar-refractivity contribution < 1.29 is 22.3 Å². The zero-order valence-electron chi connectivity index (χ0n) is 13.2. The molecule has 0 fully saturated rings. The lowest BCUT2D eigenvalue weighted by atomic mass is 10.1. The fraction of sp³-hybridized carbons (Fsp3) is 0.188. The van der Waals surface area contributed by atoms with E-state index in [0.29, 0.717) is 17.0 Å². The summed E-state index contributed by atoms with van der Waals surface area (Å²) in [7, 11) is -2.08. The Morgan fingerprint density at radius 1 is 1.21 bits per heavy atom. The topological polar surface area (TPSA) is 84.5 Å². The summed E-state index contributed by atoms with van der Waals surface area (Å²) in [5.74, 6) is -0.441. The molecule has 8 heteroatoms. The van der Waals surface area contributed by atoms with Crippen molar-refractivity contribution in [1.29, 1.82) is 0 Å². The molecule has 2 rings (SSSR count). The molecule has 0 unspecified atom stereocenters. The van der Waals surface area contributed by atoms with Crippen molar-refractivity contribution in [3.63, 3.8) is 0 Å². The van der Waals surface area contributed by atoms with Gasteiger partial charge in [0.05, 0.1) is 25.5 Å². The van der Waals surface area contributed by atoms with Crippen molar-refractivity contribution >= 4 is 27.3 Å². The van der Waals surface area contributed by atoms with E-state index < -0.39 is 15.8 Å². The SMILES string of the molecule is COc1ccc(NC(=O)Cc2cccc(F)c2)cc1NS(C)(=O)=O. The van der Waals surface area contributed by atoms with Gasteiger partial charge in [0.2, 0.25) is 15.9 Å². The number of benzene rings is 2. The number of hydrogen-bond acceptors (Lipinski definition) is 4. The second kappa shape index (κ2) is 7.31.